The van der Waals surface area contributed by atoms with E-state index < -0.39 is 5.41 Å². The van der Waals surface area contributed by atoms with Gasteiger partial charge in [0, 0.05) is 48.6 Å². The Morgan fingerprint density at radius 1 is 1.13 bits per heavy atom. The van der Waals surface area contributed by atoms with E-state index in [1.165, 1.54) is 18.2 Å². The summed E-state index contributed by atoms with van der Waals surface area (Å²) in [4.78, 5) is 20.5. The molecule has 4 aromatic rings. The number of anilines is 1. The molecule has 0 amide bonds. The third kappa shape index (κ3) is 6.41. The minimum atomic E-state index is -0.759. The molecule has 45 heavy (non-hydrogen) atoms. The average molecular weight is 677 g/mol. The Hall–Kier alpha value is -3.24. The van der Waals surface area contributed by atoms with Crippen molar-refractivity contribution in [1.82, 2.24) is 9.55 Å². The van der Waals surface area contributed by atoms with Crippen LogP contribution in [0.5, 0.6) is 0 Å². The van der Waals surface area contributed by atoms with Gasteiger partial charge in [0.2, 0.25) is 0 Å². The van der Waals surface area contributed by atoms with E-state index in [1.807, 2.05) is 45.2 Å². The molecule has 8 nitrogen and oxygen atoms in total. The van der Waals surface area contributed by atoms with Crippen molar-refractivity contribution in [2.24, 2.45) is 5.41 Å². The summed E-state index contributed by atoms with van der Waals surface area (Å²) in [5.41, 5.74) is 7.84. The monoisotopic (exact) mass is 675 g/mol. The topological polar surface area (TPSA) is 75.0 Å². The molecular weight excluding hydrogens is 634 g/mol. The maximum atomic E-state index is 13.1. The molecule has 4 heterocycles. The van der Waals surface area contributed by atoms with Crippen molar-refractivity contribution in [3.8, 4) is 11.3 Å². The van der Waals surface area contributed by atoms with Gasteiger partial charge in [-0.2, -0.15) is 0 Å². The number of pyridine rings is 1. The molecule has 2 aliphatic rings. The number of hydrogen-bond acceptors (Lipinski definition) is 7. The summed E-state index contributed by atoms with van der Waals surface area (Å²) in [6.07, 6.45) is 2.95. The van der Waals surface area contributed by atoms with Gasteiger partial charge in [-0.25, -0.2) is 0 Å². The molecule has 1 saturated heterocycles. The number of rotatable bonds is 10. The van der Waals surface area contributed by atoms with Crippen molar-refractivity contribution >= 4 is 38.5 Å². The molecule has 1 unspecified atom stereocenters. The first-order valence-corrected chi connectivity index (χ1v) is 16.4. The molecule has 238 valence electrons. The predicted octanol–water partition coefficient (Wildman–Crippen LogP) is 6.89. The van der Waals surface area contributed by atoms with E-state index in [4.69, 9.17) is 23.9 Å². The SMILES string of the molecule is COC(=O)C(C)(C)Cc1c(-c2cc(N3CCOCC3)cnc2[C@H](C)OC)n2c3c(cc(Br)cc13)CC(OCc1ccccc1)C2. The zero-order valence-electron chi connectivity index (χ0n) is 26.8. The molecule has 0 N–H and O–H groups in total. The van der Waals surface area contributed by atoms with Crippen LogP contribution in [0.1, 0.15) is 49.3 Å². The minimum absolute atomic E-state index is 0.0403. The van der Waals surface area contributed by atoms with Crippen LogP contribution in [0.25, 0.3) is 22.2 Å². The Morgan fingerprint density at radius 2 is 1.89 bits per heavy atom. The molecule has 2 aliphatic heterocycles. The summed E-state index contributed by atoms with van der Waals surface area (Å²) in [5.74, 6) is -0.241. The number of morpholine rings is 1. The summed E-state index contributed by atoms with van der Waals surface area (Å²) in [6.45, 7) is 10.1. The van der Waals surface area contributed by atoms with Gasteiger partial charge in [0.15, 0.2) is 0 Å². The zero-order valence-corrected chi connectivity index (χ0v) is 28.4. The summed E-state index contributed by atoms with van der Waals surface area (Å²) < 4.78 is 26.8. The highest BCUT2D eigenvalue weighted by Crippen LogP contribution is 2.45. The third-order valence-electron chi connectivity index (χ3n) is 9.10. The Balaban J connectivity index is 1.56. The van der Waals surface area contributed by atoms with Crippen molar-refractivity contribution in [2.75, 3.05) is 45.4 Å². The Morgan fingerprint density at radius 3 is 2.60 bits per heavy atom. The zero-order chi connectivity index (χ0) is 31.7. The number of benzene rings is 2. The normalized spacial score (nSPS) is 17.5. The lowest BCUT2D eigenvalue weighted by molar-refractivity contribution is -0.150. The van der Waals surface area contributed by atoms with Crippen LogP contribution >= 0.6 is 15.9 Å². The standard InChI is InChI=1S/C36H42BrN3O5/c1-23(42-4)32-30(18-27(20-38-32)39-11-13-44-14-12-39)34-31(19-36(2,3)35(41)43-5)29-17-26(37)15-25-16-28(21-40(34)33(25)29)45-22-24-9-7-6-8-10-24/h6-10,15,17-18,20,23,28H,11-14,16,19,21-22H2,1-5H3/t23-,28?/m0/s1. The van der Waals surface area contributed by atoms with Crippen LogP contribution in [-0.4, -0.2) is 62.1 Å². The number of methoxy groups -OCH3 is 2. The first kappa shape index (κ1) is 31.7. The summed E-state index contributed by atoms with van der Waals surface area (Å²) in [5, 5.41) is 1.13. The Kier molecular flexibility index (Phi) is 9.34. The number of nitrogens with zero attached hydrogens (tertiary/aromatic N) is 3. The number of aromatic nitrogens is 2. The van der Waals surface area contributed by atoms with Gasteiger partial charge in [-0.15, -0.1) is 0 Å². The van der Waals surface area contributed by atoms with E-state index in [-0.39, 0.29) is 18.2 Å². The molecule has 2 aromatic heterocycles. The van der Waals surface area contributed by atoms with Crippen molar-refractivity contribution < 1.29 is 23.7 Å². The second kappa shape index (κ2) is 13.2. The van der Waals surface area contributed by atoms with E-state index in [1.54, 1.807) is 7.11 Å². The maximum Gasteiger partial charge on any atom is 0.311 e. The highest BCUT2D eigenvalue weighted by Gasteiger charge is 2.36. The molecule has 1 fully saturated rings. The lowest BCUT2D eigenvalue weighted by atomic mass is 9.83. The second-order valence-corrected chi connectivity index (χ2v) is 13.6. The van der Waals surface area contributed by atoms with E-state index in [0.717, 1.165) is 63.1 Å². The van der Waals surface area contributed by atoms with Crippen molar-refractivity contribution in [2.45, 2.75) is 59.0 Å². The van der Waals surface area contributed by atoms with Gasteiger partial charge < -0.3 is 28.4 Å². The van der Waals surface area contributed by atoms with E-state index in [9.17, 15) is 4.79 Å². The number of esters is 1. The Bertz CT molecular complexity index is 1680. The molecule has 0 aliphatic carbocycles. The number of carbonyl (C=O) groups is 1. The van der Waals surface area contributed by atoms with Crippen LogP contribution in [-0.2, 0) is 49.7 Å². The number of ether oxygens (including phenoxy) is 4. The number of hydrogen-bond donors (Lipinski definition) is 0. The Labute approximate surface area is 273 Å². The fourth-order valence-corrected chi connectivity index (χ4v) is 7.22. The molecule has 9 heteroatoms. The fraction of sp³-hybridized carbons (Fsp3) is 0.444. The van der Waals surface area contributed by atoms with Gasteiger partial charge in [0.05, 0.1) is 73.3 Å². The molecule has 0 radical (unpaired) electrons. The smallest absolute Gasteiger partial charge is 0.311 e. The summed E-state index contributed by atoms with van der Waals surface area (Å²) in [6, 6.07) is 16.9. The highest BCUT2D eigenvalue weighted by molar-refractivity contribution is 9.10. The van der Waals surface area contributed by atoms with Gasteiger partial charge in [0.1, 0.15) is 0 Å². The maximum absolute atomic E-state index is 13.1. The molecule has 2 aromatic carbocycles. The van der Waals surface area contributed by atoms with Crippen LogP contribution < -0.4 is 4.90 Å². The van der Waals surface area contributed by atoms with Crippen LogP contribution in [0, 0.1) is 5.41 Å². The predicted molar refractivity (Wildman–Crippen MR) is 180 cm³/mol. The summed E-state index contributed by atoms with van der Waals surface area (Å²) in [7, 11) is 3.18. The van der Waals surface area contributed by atoms with Crippen LogP contribution in [0.15, 0.2) is 59.2 Å². The molecule has 0 saturated carbocycles. The number of carbonyl (C=O) groups excluding carboxylic acids is 1. The number of halogens is 1. The first-order valence-electron chi connectivity index (χ1n) is 15.6. The lowest BCUT2D eigenvalue weighted by Crippen LogP contribution is -2.36. The third-order valence-corrected chi connectivity index (χ3v) is 9.56. The molecule has 0 spiro atoms. The van der Waals surface area contributed by atoms with Gasteiger partial charge in [-0.1, -0.05) is 46.3 Å². The van der Waals surface area contributed by atoms with Crippen LogP contribution in [0.2, 0.25) is 0 Å². The van der Waals surface area contributed by atoms with Gasteiger partial charge >= 0.3 is 5.97 Å². The van der Waals surface area contributed by atoms with Crippen molar-refractivity contribution in [3.63, 3.8) is 0 Å². The lowest BCUT2D eigenvalue weighted by Gasteiger charge is -2.30. The van der Waals surface area contributed by atoms with Gasteiger partial charge in [-0.3, -0.25) is 9.78 Å². The molecule has 2 atom stereocenters. The van der Waals surface area contributed by atoms with E-state index in [2.05, 4.69) is 55.7 Å². The summed E-state index contributed by atoms with van der Waals surface area (Å²) >= 11 is 3.81. The van der Waals surface area contributed by atoms with Gasteiger partial charge in [-0.05, 0) is 62.1 Å². The first-order chi connectivity index (χ1) is 21.7. The van der Waals surface area contributed by atoms with Gasteiger partial charge in [0.25, 0.3) is 0 Å². The fourth-order valence-electron chi connectivity index (χ4n) is 6.72. The molecular formula is C36H42BrN3O5. The molecule has 0 bridgehead atoms. The highest BCUT2D eigenvalue weighted by atomic mass is 79.9. The quantitative estimate of drug-likeness (QED) is 0.169. The van der Waals surface area contributed by atoms with E-state index in [0.29, 0.717) is 32.8 Å². The van der Waals surface area contributed by atoms with Crippen molar-refractivity contribution in [1.29, 1.82) is 0 Å². The average Bonchev–Trinajstić information content (AvgIpc) is 3.35. The van der Waals surface area contributed by atoms with Crippen molar-refractivity contribution in [3.05, 3.63) is 81.6 Å². The van der Waals surface area contributed by atoms with Crippen LogP contribution in [0.4, 0.5) is 5.69 Å². The second-order valence-electron chi connectivity index (χ2n) is 12.7. The van der Waals surface area contributed by atoms with E-state index >= 15 is 0 Å². The largest absolute Gasteiger partial charge is 0.469 e. The molecule has 6 rings (SSSR count). The van der Waals surface area contributed by atoms with Crippen LogP contribution in [0.3, 0.4) is 0 Å². The minimum Gasteiger partial charge on any atom is -0.469 e.